The molecular weight excluding hydrogens is 325 g/mol. The molecule has 0 spiro atoms. The molecule has 0 fully saturated rings. The average Bonchev–Trinajstić information content (AvgIpc) is 2.58. The van der Waals surface area contributed by atoms with E-state index in [2.05, 4.69) is 15.0 Å². The number of anilines is 1. The van der Waals surface area contributed by atoms with Crippen molar-refractivity contribution in [3.8, 4) is 17.4 Å². The number of nitrogens with one attached hydrogen (secondary N) is 1. The predicted molar refractivity (Wildman–Crippen MR) is 80.5 cm³/mol. The van der Waals surface area contributed by atoms with Crippen LogP contribution in [0.2, 0.25) is 0 Å². The van der Waals surface area contributed by atoms with E-state index in [-0.39, 0.29) is 5.88 Å². The molecule has 1 N–H and O–H groups in total. The smallest absolute Gasteiger partial charge is 0.422 e. The van der Waals surface area contributed by atoms with Crippen molar-refractivity contribution in [3.63, 3.8) is 0 Å². The summed E-state index contributed by atoms with van der Waals surface area (Å²) in [6, 6.07) is 8.61. The molecule has 5 nitrogen and oxygen atoms in total. The molecule has 1 aliphatic heterocycles. The van der Waals surface area contributed by atoms with Gasteiger partial charge in [0.25, 0.3) is 0 Å². The van der Waals surface area contributed by atoms with Gasteiger partial charge < -0.3 is 19.5 Å². The number of halogens is 3. The van der Waals surface area contributed by atoms with Gasteiger partial charge in [-0.15, -0.1) is 0 Å². The highest BCUT2D eigenvalue weighted by Gasteiger charge is 2.28. The van der Waals surface area contributed by atoms with Crippen LogP contribution in [0.3, 0.4) is 0 Å². The van der Waals surface area contributed by atoms with Crippen LogP contribution in [0, 0.1) is 0 Å². The molecule has 24 heavy (non-hydrogen) atoms. The van der Waals surface area contributed by atoms with E-state index >= 15 is 0 Å². The summed E-state index contributed by atoms with van der Waals surface area (Å²) in [6.45, 7) is 0.126. The van der Waals surface area contributed by atoms with Gasteiger partial charge in [0.1, 0.15) is 13.2 Å². The molecule has 0 unspecified atom stereocenters. The van der Waals surface area contributed by atoms with Crippen molar-refractivity contribution in [1.29, 1.82) is 0 Å². The summed E-state index contributed by atoms with van der Waals surface area (Å²) in [5, 5.41) is 3.13. The van der Waals surface area contributed by atoms with E-state index in [0.717, 1.165) is 5.56 Å². The van der Waals surface area contributed by atoms with E-state index in [1.807, 2.05) is 18.2 Å². The van der Waals surface area contributed by atoms with Crippen LogP contribution in [-0.2, 0) is 6.54 Å². The van der Waals surface area contributed by atoms with Crippen molar-refractivity contribution >= 4 is 5.69 Å². The van der Waals surface area contributed by atoms with Crippen LogP contribution in [0.1, 0.15) is 5.56 Å². The van der Waals surface area contributed by atoms with Crippen LogP contribution >= 0.6 is 0 Å². The number of hydrogen-bond acceptors (Lipinski definition) is 5. The van der Waals surface area contributed by atoms with E-state index < -0.39 is 12.8 Å². The first-order valence-corrected chi connectivity index (χ1v) is 7.28. The predicted octanol–water partition coefficient (Wildman–Crippen LogP) is 3.41. The molecule has 2 heterocycles. The lowest BCUT2D eigenvalue weighted by Gasteiger charge is -2.21. The third-order valence-electron chi connectivity index (χ3n) is 3.25. The fraction of sp³-hybridized carbons (Fsp3) is 0.312. The number of nitrogens with zero attached hydrogens (tertiary/aromatic N) is 1. The zero-order valence-corrected chi connectivity index (χ0v) is 12.6. The van der Waals surface area contributed by atoms with Crippen molar-refractivity contribution in [2.45, 2.75) is 12.7 Å². The molecule has 1 aromatic carbocycles. The molecule has 8 heteroatoms. The molecule has 1 aromatic heterocycles. The van der Waals surface area contributed by atoms with E-state index in [1.165, 1.54) is 12.3 Å². The Hall–Kier alpha value is -2.64. The maximum atomic E-state index is 12.1. The van der Waals surface area contributed by atoms with Crippen molar-refractivity contribution in [1.82, 2.24) is 4.98 Å². The Bertz CT molecular complexity index is 690. The van der Waals surface area contributed by atoms with Crippen LogP contribution in [0.15, 0.2) is 36.5 Å². The van der Waals surface area contributed by atoms with Gasteiger partial charge in [0, 0.05) is 18.2 Å². The fourth-order valence-corrected chi connectivity index (χ4v) is 2.20. The third kappa shape index (κ3) is 4.21. The Balaban J connectivity index is 1.59. The zero-order chi connectivity index (χ0) is 17.0. The standard InChI is InChI=1S/C16H15F3N2O3/c17-16(18,19)10-24-14-5-4-12(9-21-14)20-8-11-2-1-3-13-15(11)23-7-6-22-13/h1-5,9,20H,6-8,10H2. The molecule has 0 saturated heterocycles. The summed E-state index contributed by atoms with van der Waals surface area (Å²) in [6.07, 6.45) is -2.97. The van der Waals surface area contributed by atoms with Gasteiger partial charge in [-0.2, -0.15) is 13.2 Å². The summed E-state index contributed by atoms with van der Waals surface area (Å²) < 4.78 is 51.9. The van der Waals surface area contributed by atoms with Gasteiger partial charge in [0.2, 0.25) is 5.88 Å². The van der Waals surface area contributed by atoms with E-state index in [9.17, 15) is 13.2 Å². The molecule has 3 rings (SSSR count). The Morgan fingerprint density at radius 2 is 1.96 bits per heavy atom. The number of hydrogen-bond donors (Lipinski definition) is 1. The minimum atomic E-state index is -4.38. The Labute approximate surface area is 136 Å². The van der Waals surface area contributed by atoms with Gasteiger partial charge in [-0.3, -0.25) is 0 Å². The molecule has 2 aromatic rings. The highest BCUT2D eigenvalue weighted by atomic mass is 19.4. The van der Waals surface area contributed by atoms with Crippen LogP contribution < -0.4 is 19.5 Å². The normalized spacial score (nSPS) is 13.5. The quantitative estimate of drug-likeness (QED) is 0.904. The number of benzene rings is 1. The maximum absolute atomic E-state index is 12.1. The Morgan fingerprint density at radius 3 is 2.71 bits per heavy atom. The highest BCUT2D eigenvalue weighted by molar-refractivity contribution is 5.50. The number of pyridine rings is 1. The summed E-state index contributed by atoms with van der Waals surface area (Å²) >= 11 is 0. The zero-order valence-electron chi connectivity index (χ0n) is 12.6. The van der Waals surface area contributed by atoms with Crippen LogP contribution in [0.5, 0.6) is 17.4 Å². The largest absolute Gasteiger partial charge is 0.486 e. The number of ether oxygens (including phenoxy) is 3. The summed E-state index contributed by atoms with van der Waals surface area (Å²) in [4.78, 5) is 3.84. The monoisotopic (exact) mass is 340 g/mol. The van der Waals surface area contributed by atoms with Crippen molar-refractivity contribution in [2.75, 3.05) is 25.1 Å². The van der Waals surface area contributed by atoms with Crippen LogP contribution in [0.4, 0.5) is 18.9 Å². The molecule has 0 aliphatic carbocycles. The molecule has 0 atom stereocenters. The number of aromatic nitrogens is 1. The third-order valence-corrected chi connectivity index (χ3v) is 3.25. The number of para-hydroxylation sites is 1. The van der Waals surface area contributed by atoms with Crippen molar-refractivity contribution in [3.05, 3.63) is 42.1 Å². The fourth-order valence-electron chi connectivity index (χ4n) is 2.20. The topological polar surface area (TPSA) is 52.6 Å². The van der Waals surface area contributed by atoms with Gasteiger partial charge >= 0.3 is 6.18 Å². The minimum Gasteiger partial charge on any atom is -0.486 e. The van der Waals surface area contributed by atoms with Gasteiger partial charge in [-0.1, -0.05) is 12.1 Å². The van der Waals surface area contributed by atoms with Gasteiger partial charge in [0.05, 0.1) is 11.9 Å². The number of rotatable bonds is 5. The average molecular weight is 340 g/mol. The van der Waals surface area contributed by atoms with E-state index in [0.29, 0.717) is 36.9 Å². The second-order valence-electron chi connectivity index (χ2n) is 5.08. The Kier molecular flexibility index (Phi) is 4.64. The molecular formula is C16H15F3N2O3. The SMILES string of the molecule is FC(F)(F)COc1ccc(NCc2cccc3c2OCCO3)cn1. The van der Waals surface area contributed by atoms with Gasteiger partial charge in [0.15, 0.2) is 18.1 Å². The lowest BCUT2D eigenvalue weighted by atomic mass is 10.1. The molecule has 1 aliphatic rings. The van der Waals surface area contributed by atoms with E-state index in [4.69, 9.17) is 9.47 Å². The molecule has 0 bridgehead atoms. The van der Waals surface area contributed by atoms with Gasteiger partial charge in [-0.25, -0.2) is 4.98 Å². The molecule has 0 saturated carbocycles. The van der Waals surface area contributed by atoms with Crippen LogP contribution in [-0.4, -0.2) is 31.0 Å². The van der Waals surface area contributed by atoms with Crippen LogP contribution in [0.25, 0.3) is 0 Å². The molecule has 128 valence electrons. The number of fused-ring (bicyclic) bond motifs is 1. The van der Waals surface area contributed by atoms with Crippen molar-refractivity contribution in [2.24, 2.45) is 0 Å². The number of alkyl halides is 3. The second-order valence-corrected chi connectivity index (χ2v) is 5.08. The first kappa shape index (κ1) is 16.2. The summed E-state index contributed by atoms with van der Waals surface area (Å²) in [5.41, 5.74) is 1.58. The molecule has 0 amide bonds. The summed E-state index contributed by atoms with van der Waals surface area (Å²) in [7, 11) is 0. The van der Waals surface area contributed by atoms with Gasteiger partial charge in [-0.05, 0) is 12.1 Å². The van der Waals surface area contributed by atoms with E-state index in [1.54, 1.807) is 6.07 Å². The minimum absolute atomic E-state index is 0.0771. The second kappa shape index (κ2) is 6.86. The first-order chi connectivity index (χ1) is 11.5. The lowest BCUT2D eigenvalue weighted by molar-refractivity contribution is -0.154. The van der Waals surface area contributed by atoms with Crippen molar-refractivity contribution < 1.29 is 27.4 Å². The maximum Gasteiger partial charge on any atom is 0.422 e. The highest BCUT2D eigenvalue weighted by Crippen LogP contribution is 2.33. The Morgan fingerprint density at radius 1 is 1.12 bits per heavy atom. The lowest BCUT2D eigenvalue weighted by Crippen LogP contribution is -2.19. The molecule has 0 radical (unpaired) electrons. The first-order valence-electron chi connectivity index (χ1n) is 7.28. The summed E-state index contributed by atoms with van der Waals surface area (Å²) in [5.74, 6) is 1.33.